The predicted molar refractivity (Wildman–Crippen MR) is 110 cm³/mol. The molecule has 0 bridgehead atoms. The molecule has 0 fully saturated rings. The van der Waals surface area contributed by atoms with Crippen molar-refractivity contribution in [1.82, 2.24) is 0 Å². The summed E-state index contributed by atoms with van der Waals surface area (Å²) in [6.45, 7) is 0.355. The zero-order valence-corrected chi connectivity index (χ0v) is 16.4. The van der Waals surface area contributed by atoms with Crippen LogP contribution in [0.4, 0.5) is 4.39 Å². The molecule has 30 heavy (non-hydrogen) atoms. The van der Waals surface area contributed by atoms with E-state index < -0.39 is 5.97 Å². The first kappa shape index (κ1) is 19.8. The molecule has 1 aliphatic rings. The van der Waals surface area contributed by atoms with Gasteiger partial charge in [-0.05, 0) is 53.4 Å². The minimum Gasteiger partial charge on any atom is -0.497 e. The number of aliphatic carboxylic acids is 1. The summed E-state index contributed by atoms with van der Waals surface area (Å²) >= 11 is 0. The van der Waals surface area contributed by atoms with Crippen molar-refractivity contribution >= 4 is 5.97 Å². The smallest absolute Gasteiger partial charge is 0.303 e. The van der Waals surface area contributed by atoms with Gasteiger partial charge in [0, 0.05) is 12.0 Å². The second-order valence-electron chi connectivity index (χ2n) is 7.06. The van der Waals surface area contributed by atoms with Crippen molar-refractivity contribution in [3.63, 3.8) is 0 Å². The molecule has 1 heterocycles. The Hall–Kier alpha value is -3.54. The maximum absolute atomic E-state index is 14.2. The predicted octanol–water partition coefficient (Wildman–Crippen LogP) is 5.03. The van der Waals surface area contributed by atoms with Crippen LogP contribution in [-0.4, -0.2) is 24.8 Å². The minimum absolute atomic E-state index is 0.0609. The first-order valence-corrected chi connectivity index (χ1v) is 9.61. The Balaban J connectivity index is 1.52. The van der Waals surface area contributed by atoms with Gasteiger partial charge in [0.25, 0.3) is 0 Å². The first-order valence-electron chi connectivity index (χ1n) is 9.61. The van der Waals surface area contributed by atoms with Crippen molar-refractivity contribution in [2.24, 2.45) is 0 Å². The van der Waals surface area contributed by atoms with Crippen LogP contribution >= 0.6 is 0 Å². The van der Waals surface area contributed by atoms with Gasteiger partial charge in [-0.1, -0.05) is 30.3 Å². The fourth-order valence-electron chi connectivity index (χ4n) is 3.42. The van der Waals surface area contributed by atoms with Crippen LogP contribution in [0.2, 0.25) is 0 Å². The third-order valence-electron chi connectivity index (χ3n) is 5.06. The Morgan fingerprint density at radius 2 is 1.90 bits per heavy atom. The number of methoxy groups -OCH3 is 1. The van der Waals surface area contributed by atoms with Crippen LogP contribution in [0.25, 0.3) is 11.1 Å². The lowest BCUT2D eigenvalue weighted by Crippen LogP contribution is -2.21. The van der Waals surface area contributed by atoms with Crippen molar-refractivity contribution in [2.75, 3.05) is 13.7 Å². The second kappa shape index (κ2) is 8.45. The van der Waals surface area contributed by atoms with E-state index in [2.05, 4.69) is 0 Å². The maximum Gasteiger partial charge on any atom is 0.303 e. The fourth-order valence-corrected chi connectivity index (χ4v) is 3.42. The Kier molecular flexibility index (Phi) is 5.57. The van der Waals surface area contributed by atoms with Gasteiger partial charge >= 0.3 is 5.97 Å². The normalized spacial score (nSPS) is 14.9. The summed E-state index contributed by atoms with van der Waals surface area (Å²) in [7, 11) is 1.55. The van der Waals surface area contributed by atoms with E-state index in [1.54, 1.807) is 25.3 Å². The summed E-state index contributed by atoms with van der Waals surface area (Å²) in [5.74, 6) is 0.672. The maximum atomic E-state index is 14.2. The first-order chi connectivity index (χ1) is 14.5. The van der Waals surface area contributed by atoms with E-state index in [4.69, 9.17) is 19.3 Å². The van der Waals surface area contributed by atoms with Crippen LogP contribution in [0.3, 0.4) is 0 Å². The molecule has 0 radical (unpaired) electrons. The highest BCUT2D eigenvalue weighted by atomic mass is 19.1. The van der Waals surface area contributed by atoms with E-state index in [9.17, 15) is 9.18 Å². The van der Waals surface area contributed by atoms with Gasteiger partial charge in [0.05, 0.1) is 7.11 Å². The van der Waals surface area contributed by atoms with Gasteiger partial charge in [0.15, 0.2) is 17.6 Å². The van der Waals surface area contributed by atoms with Crippen molar-refractivity contribution in [2.45, 2.75) is 18.9 Å². The zero-order chi connectivity index (χ0) is 21.1. The van der Waals surface area contributed by atoms with Gasteiger partial charge in [0.2, 0.25) is 0 Å². The van der Waals surface area contributed by atoms with E-state index >= 15 is 0 Å². The number of hydrogen-bond acceptors (Lipinski definition) is 4. The van der Waals surface area contributed by atoms with Crippen molar-refractivity contribution < 1.29 is 28.5 Å². The number of benzene rings is 3. The Morgan fingerprint density at radius 1 is 1.10 bits per heavy atom. The van der Waals surface area contributed by atoms with Crippen LogP contribution in [-0.2, 0) is 11.2 Å². The standard InChI is InChI=1S/C24H21FO5/c1-28-18-8-9-20(25)19(13-18)16-4-6-17(7-5-16)23-14-29-21-10-2-15(3-11-24(26)27)12-22(21)30-23/h2,4-10,12-13,23H,3,11,14H2,1H3,(H,26,27). The molecular formula is C24H21FO5. The van der Waals surface area contributed by atoms with E-state index in [0.29, 0.717) is 35.8 Å². The number of rotatable bonds is 6. The summed E-state index contributed by atoms with van der Waals surface area (Å²) < 4.78 is 31.3. The highest BCUT2D eigenvalue weighted by Gasteiger charge is 2.23. The molecule has 0 saturated heterocycles. The van der Waals surface area contributed by atoms with Gasteiger partial charge < -0.3 is 19.3 Å². The Bertz CT molecular complexity index is 1060. The number of carbonyl (C=O) groups is 1. The molecule has 1 N–H and O–H groups in total. The number of hydrogen-bond donors (Lipinski definition) is 1. The quantitative estimate of drug-likeness (QED) is 0.620. The molecule has 0 saturated carbocycles. The molecule has 6 heteroatoms. The number of halogens is 1. The van der Waals surface area contributed by atoms with Gasteiger partial charge in [-0.3, -0.25) is 4.79 Å². The van der Waals surface area contributed by atoms with Crippen LogP contribution in [0.15, 0.2) is 60.7 Å². The summed E-state index contributed by atoms with van der Waals surface area (Å²) in [6, 6.07) is 17.6. The molecule has 0 spiro atoms. The van der Waals surface area contributed by atoms with E-state index in [1.165, 1.54) is 6.07 Å². The number of aryl methyl sites for hydroxylation is 1. The topological polar surface area (TPSA) is 65.0 Å². The van der Waals surface area contributed by atoms with Gasteiger partial charge in [0.1, 0.15) is 18.2 Å². The SMILES string of the molecule is COc1ccc(F)c(-c2ccc(C3COc4ccc(CCC(=O)O)cc4O3)cc2)c1. The van der Waals surface area contributed by atoms with Crippen molar-refractivity contribution in [3.05, 3.63) is 77.6 Å². The molecule has 1 aliphatic heterocycles. The lowest BCUT2D eigenvalue weighted by molar-refractivity contribution is -0.136. The number of carboxylic acid groups (broad SMARTS) is 1. The average Bonchev–Trinajstić information content (AvgIpc) is 2.77. The van der Waals surface area contributed by atoms with Gasteiger partial charge in [-0.15, -0.1) is 0 Å². The summed E-state index contributed by atoms with van der Waals surface area (Å²) in [4.78, 5) is 10.8. The number of ether oxygens (including phenoxy) is 3. The molecule has 5 nitrogen and oxygen atoms in total. The third kappa shape index (κ3) is 4.22. The lowest BCUT2D eigenvalue weighted by atomic mass is 10.0. The molecule has 0 amide bonds. The summed E-state index contributed by atoms with van der Waals surface area (Å²) in [5.41, 5.74) is 2.99. The van der Waals surface area contributed by atoms with Crippen molar-refractivity contribution in [3.8, 4) is 28.4 Å². The minimum atomic E-state index is -0.838. The molecule has 3 aromatic rings. The lowest BCUT2D eigenvalue weighted by Gasteiger charge is -2.27. The van der Waals surface area contributed by atoms with E-state index in [-0.39, 0.29) is 18.3 Å². The van der Waals surface area contributed by atoms with E-state index in [0.717, 1.165) is 16.7 Å². The molecule has 4 rings (SSSR count). The molecule has 3 aromatic carbocycles. The van der Waals surface area contributed by atoms with Crippen LogP contribution in [0.1, 0.15) is 23.7 Å². The Labute approximate surface area is 173 Å². The number of carboxylic acids is 1. The van der Waals surface area contributed by atoms with Crippen LogP contribution in [0.5, 0.6) is 17.2 Å². The second-order valence-corrected chi connectivity index (χ2v) is 7.06. The molecule has 1 unspecified atom stereocenters. The monoisotopic (exact) mass is 408 g/mol. The fraction of sp³-hybridized carbons (Fsp3) is 0.208. The molecule has 154 valence electrons. The highest BCUT2D eigenvalue weighted by Crippen LogP contribution is 2.38. The third-order valence-corrected chi connectivity index (χ3v) is 5.06. The van der Waals surface area contributed by atoms with E-state index in [1.807, 2.05) is 36.4 Å². The summed E-state index contributed by atoms with van der Waals surface area (Å²) in [5, 5.41) is 8.87. The highest BCUT2D eigenvalue weighted by molar-refractivity contribution is 5.67. The van der Waals surface area contributed by atoms with Crippen LogP contribution in [0, 0.1) is 5.82 Å². The number of fused-ring (bicyclic) bond motifs is 1. The van der Waals surface area contributed by atoms with Crippen LogP contribution < -0.4 is 14.2 Å². The average molecular weight is 408 g/mol. The largest absolute Gasteiger partial charge is 0.497 e. The zero-order valence-electron chi connectivity index (χ0n) is 16.4. The van der Waals surface area contributed by atoms with Gasteiger partial charge in [-0.2, -0.15) is 0 Å². The Morgan fingerprint density at radius 3 is 2.63 bits per heavy atom. The molecule has 0 aromatic heterocycles. The molecular weight excluding hydrogens is 387 g/mol. The summed E-state index contributed by atoms with van der Waals surface area (Å²) in [6.07, 6.45) is 0.180. The molecule has 0 aliphatic carbocycles. The molecule has 1 atom stereocenters. The van der Waals surface area contributed by atoms with Crippen molar-refractivity contribution in [1.29, 1.82) is 0 Å². The van der Waals surface area contributed by atoms with Gasteiger partial charge in [-0.25, -0.2) is 4.39 Å².